The van der Waals surface area contributed by atoms with Crippen molar-refractivity contribution in [1.29, 1.82) is 0 Å². The van der Waals surface area contributed by atoms with E-state index in [0.29, 0.717) is 6.54 Å². The predicted molar refractivity (Wildman–Crippen MR) is 75.4 cm³/mol. The zero-order valence-corrected chi connectivity index (χ0v) is 12.8. The third-order valence-corrected chi connectivity index (χ3v) is 4.54. The Bertz CT molecular complexity index is 316. The molecule has 0 radical (unpaired) electrons. The first-order valence-electron chi connectivity index (χ1n) is 7.03. The number of carbonyl (C=O) groups is 1. The number of nitrogens with zero attached hydrogens (tertiary/aromatic N) is 1. The monoisotopic (exact) mass is 272 g/mol. The molecule has 1 fully saturated rings. The fourth-order valence-corrected chi connectivity index (χ4v) is 2.05. The van der Waals surface area contributed by atoms with Crippen molar-refractivity contribution >= 4 is 5.97 Å². The number of aliphatic carboxylic acids is 1. The Morgan fingerprint density at radius 1 is 1.42 bits per heavy atom. The zero-order valence-electron chi connectivity index (χ0n) is 12.8. The average Bonchev–Trinajstić information content (AvgIpc) is 2.36. The van der Waals surface area contributed by atoms with Gasteiger partial charge >= 0.3 is 5.97 Å². The highest BCUT2D eigenvalue weighted by molar-refractivity contribution is 5.75. The normalized spacial score (nSPS) is 22.5. The second-order valence-electron chi connectivity index (χ2n) is 6.32. The van der Waals surface area contributed by atoms with Crippen LogP contribution in [0, 0.1) is 5.41 Å². The van der Waals surface area contributed by atoms with Gasteiger partial charge in [-0.2, -0.15) is 0 Å². The van der Waals surface area contributed by atoms with Gasteiger partial charge in [-0.3, -0.25) is 9.69 Å². The van der Waals surface area contributed by atoms with Crippen LogP contribution in [-0.2, 0) is 9.53 Å². The van der Waals surface area contributed by atoms with E-state index in [4.69, 9.17) is 4.74 Å². The van der Waals surface area contributed by atoms with Gasteiger partial charge < -0.3 is 15.2 Å². The number of ether oxygens (including phenoxy) is 1. The van der Waals surface area contributed by atoms with Gasteiger partial charge in [-0.1, -0.05) is 6.92 Å². The number of rotatable bonds is 6. The van der Waals surface area contributed by atoms with Crippen LogP contribution >= 0.6 is 0 Å². The summed E-state index contributed by atoms with van der Waals surface area (Å²) in [6.45, 7) is 13.9. The maximum atomic E-state index is 11.3. The van der Waals surface area contributed by atoms with Crippen LogP contribution in [0.15, 0.2) is 0 Å². The van der Waals surface area contributed by atoms with Crippen molar-refractivity contribution in [2.45, 2.75) is 46.3 Å². The van der Waals surface area contributed by atoms with Crippen LogP contribution in [0.4, 0.5) is 0 Å². The van der Waals surface area contributed by atoms with Crippen molar-refractivity contribution in [1.82, 2.24) is 10.2 Å². The Morgan fingerprint density at radius 3 is 2.58 bits per heavy atom. The van der Waals surface area contributed by atoms with E-state index in [-0.39, 0.29) is 6.10 Å². The number of morpholine rings is 1. The molecule has 0 amide bonds. The van der Waals surface area contributed by atoms with E-state index in [2.05, 4.69) is 17.1 Å². The molecule has 5 nitrogen and oxygen atoms in total. The molecular formula is C14H28N2O3. The molecule has 1 rings (SSSR count). The number of carboxylic acid groups (broad SMARTS) is 1. The SMILES string of the molecule is CCN1CCOC(CNC(C)(C)C(C)(C)C(=O)O)C1. The first kappa shape index (κ1) is 16.4. The van der Waals surface area contributed by atoms with E-state index >= 15 is 0 Å². The molecule has 0 aromatic rings. The molecule has 1 aliphatic rings. The summed E-state index contributed by atoms with van der Waals surface area (Å²) in [7, 11) is 0. The van der Waals surface area contributed by atoms with E-state index in [1.165, 1.54) is 0 Å². The molecule has 0 saturated carbocycles. The van der Waals surface area contributed by atoms with E-state index in [0.717, 1.165) is 26.2 Å². The first-order valence-corrected chi connectivity index (χ1v) is 7.03. The first-order chi connectivity index (χ1) is 8.70. The summed E-state index contributed by atoms with van der Waals surface area (Å²) in [6.07, 6.45) is 0.137. The van der Waals surface area contributed by atoms with Crippen molar-refractivity contribution in [3.05, 3.63) is 0 Å². The Hall–Kier alpha value is -0.650. The fraction of sp³-hybridized carbons (Fsp3) is 0.929. The maximum Gasteiger partial charge on any atom is 0.310 e. The average molecular weight is 272 g/mol. The van der Waals surface area contributed by atoms with Crippen LogP contribution in [0.5, 0.6) is 0 Å². The highest BCUT2D eigenvalue weighted by Crippen LogP contribution is 2.30. The van der Waals surface area contributed by atoms with Crippen molar-refractivity contribution in [3.8, 4) is 0 Å². The van der Waals surface area contributed by atoms with Crippen molar-refractivity contribution in [3.63, 3.8) is 0 Å². The molecule has 1 saturated heterocycles. The van der Waals surface area contributed by atoms with Crippen LogP contribution in [-0.4, -0.2) is 60.4 Å². The van der Waals surface area contributed by atoms with Crippen LogP contribution in [0.25, 0.3) is 0 Å². The molecule has 0 aromatic carbocycles. The quantitative estimate of drug-likeness (QED) is 0.760. The lowest BCUT2D eigenvalue weighted by Gasteiger charge is -2.41. The molecule has 2 N–H and O–H groups in total. The van der Waals surface area contributed by atoms with Gasteiger partial charge in [0.1, 0.15) is 0 Å². The molecule has 19 heavy (non-hydrogen) atoms. The lowest BCUT2D eigenvalue weighted by Crippen LogP contribution is -2.58. The summed E-state index contributed by atoms with van der Waals surface area (Å²) in [5.74, 6) is -0.787. The summed E-state index contributed by atoms with van der Waals surface area (Å²) < 4.78 is 5.73. The molecule has 1 atom stereocenters. The van der Waals surface area contributed by atoms with Gasteiger partial charge in [0.05, 0.1) is 18.1 Å². The van der Waals surface area contributed by atoms with E-state index < -0.39 is 16.9 Å². The number of nitrogens with one attached hydrogen (secondary N) is 1. The van der Waals surface area contributed by atoms with Crippen LogP contribution in [0.2, 0.25) is 0 Å². The van der Waals surface area contributed by atoms with Gasteiger partial charge in [0, 0.05) is 25.2 Å². The van der Waals surface area contributed by atoms with E-state index in [9.17, 15) is 9.90 Å². The molecule has 1 aliphatic heterocycles. The van der Waals surface area contributed by atoms with Crippen molar-refractivity contribution in [2.75, 3.05) is 32.8 Å². The lowest BCUT2D eigenvalue weighted by molar-refractivity contribution is -0.151. The summed E-state index contributed by atoms with van der Waals surface area (Å²) in [4.78, 5) is 13.7. The smallest absolute Gasteiger partial charge is 0.310 e. The van der Waals surface area contributed by atoms with Gasteiger partial charge in [0.15, 0.2) is 0 Å². The van der Waals surface area contributed by atoms with Crippen LogP contribution in [0.3, 0.4) is 0 Å². The molecule has 1 unspecified atom stereocenters. The van der Waals surface area contributed by atoms with Gasteiger partial charge in [0.25, 0.3) is 0 Å². The zero-order chi connectivity index (χ0) is 14.7. The molecular weight excluding hydrogens is 244 g/mol. The molecule has 0 aromatic heterocycles. The molecule has 1 heterocycles. The molecule has 0 aliphatic carbocycles. The molecule has 112 valence electrons. The fourth-order valence-electron chi connectivity index (χ4n) is 2.05. The van der Waals surface area contributed by atoms with Crippen molar-refractivity contribution < 1.29 is 14.6 Å². The Kier molecular flexibility index (Phi) is 5.35. The summed E-state index contributed by atoms with van der Waals surface area (Å²) in [6, 6.07) is 0. The number of likely N-dealkylation sites (N-methyl/N-ethyl adjacent to an activating group) is 1. The number of carboxylic acids is 1. The van der Waals surface area contributed by atoms with Gasteiger partial charge in [-0.15, -0.1) is 0 Å². The minimum Gasteiger partial charge on any atom is -0.481 e. The minimum atomic E-state index is -0.827. The minimum absolute atomic E-state index is 0.137. The van der Waals surface area contributed by atoms with Gasteiger partial charge in [0.2, 0.25) is 0 Å². The molecule has 5 heteroatoms. The van der Waals surface area contributed by atoms with Crippen molar-refractivity contribution in [2.24, 2.45) is 5.41 Å². The second-order valence-corrected chi connectivity index (χ2v) is 6.32. The summed E-state index contributed by atoms with van der Waals surface area (Å²) in [5, 5.41) is 12.7. The predicted octanol–water partition coefficient (Wildman–Crippen LogP) is 1.19. The lowest BCUT2D eigenvalue weighted by atomic mass is 9.74. The van der Waals surface area contributed by atoms with Gasteiger partial charge in [-0.25, -0.2) is 0 Å². The maximum absolute atomic E-state index is 11.3. The Balaban J connectivity index is 2.53. The van der Waals surface area contributed by atoms with E-state index in [1.807, 2.05) is 13.8 Å². The summed E-state index contributed by atoms with van der Waals surface area (Å²) >= 11 is 0. The Morgan fingerprint density at radius 2 is 2.05 bits per heavy atom. The molecule has 0 spiro atoms. The third-order valence-electron chi connectivity index (χ3n) is 4.54. The molecule has 0 bridgehead atoms. The van der Waals surface area contributed by atoms with Crippen LogP contribution < -0.4 is 5.32 Å². The van der Waals surface area contributed by atoms with Gasteiger partial charge in [-0.05, 0) is 34.2 Å². The standard InChI is InChI=1S/C14H28N2O3/c1-6-16-7-8-19-11(10-16)9-15-14(4,5)13(2,3)12(17)18/h11,15H,6-10H2,1-5H3,(H,17,18). The highest BCUT2D eigenvalue weighted by atomic mass is 16.5. The summed E-state index contributed by atoms with van der Waals surface area (Å²) in [5.41, 5.74) is -1.32. The largest absolute Gasteiger partial charge is 0.481 e. The number of hydrogen-bond donors (Lipinski definition) is 2. The van der Waals surface area contributed by atoms with E-state index in [1.54, 1.807) is 13.8 Å². The third kappa shape index (κ3) is 3.91. The topological polar surface area (TPSA) is 61.8 Å². The highest BCUT2D eigenvalue weighted by Gasteiger charge is 2.43. The second kappa shape index (κ2) is 6.20. The Labute approximate surface area is 116 Å². The number of hydrogen-bond acceptors (Lipinski definition) is 4. The van der Waals surface area contributed by atoms with Crippen LogP contribution in [0.1, 0.15) is 34.6 Å².